The van der Waals surface area contributed by atoms with Crippen LogP contribution in [0.3, 0.4) is 0 Å². The summed E-state index contributed by atoms with van der Waals surface area (Å²) in [6, 6.07) is 2.85. The number of halogens is 1. The third kappa shape index (κ3) is 3.58. The van der Waals surface area contributed by atoms with E-state index in [0.717, 1.165) is 25.5 Å². The number of aromatic nitrogens is 1. The van der Waals surface area contributed by atoms with Crippen LogP contribution in [-0.2, 0) is 0 Å². The van der Waals surface area contributed by atoms with Crippen LogP contribution >= 0.6 is 0 Å². The van der Waals surface area contributed by atoms with Crippen LogP contribution in [0.4, 0.5) is 4.39 Å². The Morgan fingerprint density at radius 3 is 3.24 bits per heavy atom. The molecular formula is C11H15FN4O. The van der Waals surface area contributed by atoms with Gasteiger partial charge in [-0.2, -0.15) is 0 Å². The molecule has 2 N–H and O–H groups in total. The molecule has 0 saturated carbocycles. The van der Waals surface area contributed by atoms with Gasteiger partial charge in [0.15, 0.2) is 11.8 Å². The molecule has 0 saturated heterocycles. The molecule has 0 amide bonds. The van der Waals surface area contributed by atoms with Crippen molar-refractivity contribution in [2.24, 2.45) is 4.99 Å². The van der Waals surface area contributed by atoms with E-state index in [1.807, 2.05) is 0 Å². The second kappa shape index (κ2) is 6.03. The molecule has 0 radical (unpaired) electrons. The molecular weight excluding hydrogens is 223 g/mol. The van der Waals surface area contributed by atoms with Gasteiger partial charge in [-0.3, -0.25) is 4.99 Å². The molecule has 5 nitrogen and oxygen atoms in total. The van der Waals surface area contributed by atoms with Gasteiger partial charge in [0, 0.05) is 19.3 Å². The number of nitrogens with zero attached hydrogens (tertiary/aromatic N) is 2. The van der Waals surface area contributed by atoms with E-state index in [1.165, 1.54) is 18.3 Å². The Kier molecular flexibility index (Phi) is 4.12. The Hall–Kier alpha value is -1.85. The lowest BCUT2D eigenvalue weighted by Gasteiger charge is -2.15. The van der Waals surface area contributed by atoms with E-state index in [9.17, 15) is 4.39 Å². The molecule has 0 spiro atoms. The van der Waals surface area contributed by atoms with Gasteiger partial charge in [0.2, 0.25) is 5.88 Å². The van der Waals surface area contributed by atoms with E-state index in [2.05, 4.69) is 20.6 Å². The second-order valence-electron chi connectivity index (χ2n) is 3.58. The van der Waals surface area contributed by atoms with E-state index in [-0.39, 0.29) is 5.88 Å². The van der Waals surface area contributed by atoms with Gasteiger partial charge < -0.3 is 15.4 Å². The number of pyridine rings is 1. The largest absolute Gasteiger partial charge is 0.474 e. The number of hydrogen-bond donors (Lipinski definition) is 2. The molecule has 0 fully saturated rings. The summed E-state index contributed by atoms with van der Waals surface area (Å²) in [7, 11) is 0. The van der Waals surface area contributed by atoms with Crippen molar-refractivity contribution in [1.82, 2.24) is 15.6 Å². The Morgan fingerprint density at radius 1 is 1.53 bits per heavy atom. The minimum atomic E-state index is -0.444. The first-order valence-corrected chi connectivity index (χ1v) is 5.62. The zero-order chi connectivity index (χ0) is 11.9. The van der Waals surface area contributed by atoms with E-state index in [4.69, 9.17) is 4.74 Å². The van der Waals surface area contributed by atoms with Crippen LogP contribution < -0.4 is 15.4 Å². The Labute approximate surface area is 99.1 Å². The zero-order valence-corrected chi connectivity index (χ0v) is 9.45. The van der Waals surface area contributed by atoms with Crippen LogP contribution in [0.1, 0.15) is 6.42 Å². The lowest BCUT2D eigenvalue weighted by molar-refractivity contribution is 0.292. The molecule has 1 aliphatic heterocycles. The molecule has 2 rings (SSSR count). The first kappa shape index (κ1) is 11.6. The number of hydrogen-bond acceptors (Lipinski definition) is 5. The van der Waals surface area contributed by atoms with Crippen LogP contribution in [0.25, 0.3) is 0 Å². The van der Waals surface area contributed by atoms with Crippen molar-refractivity contribution in [3.8, 4) is 5.88 Å². The van der Waals surface area contributed by atoms with Crippen LogP contribution in [-0.4, -0.2) is 37.2 Å². The zero-order valence-electron chi connectivity index (χ0n) is 9.45. The average molecular weight is 238 g/mol. The topological polar surface area (TPSA) is 58.5 Å². The number of guanidine groups is 1. The fourth-order valence-electron chi connectivity index (χ4n) is 1.45. The smallest absolute Gasteiger partial charge is 0.250 e. The van der Waals surface area contributed by atoms with Gasteiger partial charge in [0.25, 0.3) is 0 Å². The Balaban J connectivity index is 1.69. The molecule has 1 aromatic heterocycles. The van der Waals surface area contributed by atoms with E-state index in [1.54, 1.807) is 0 Å². The lowest BCUT2D eigenvalue weighted by Crippen LogP contribution is -2.42. The summed E-state index contributed by atoms with van der Waals surface area (Å²) >= 11 is 0. The fourth-order valence-corrected chi connectivity index (χ4v) is 1.45. The molecule has 17 heavy (non-hydrogen) atoms. The molecule has 0 atom stereocenters. The van der Waals surface area contributed by atoms with Crippen LogP contribution in [0.2, 0.25) is 0 Å². The maximum atomic E-state index is 13.1. The van der Waals surface area contributed by atoms with Crippen molar-refractivity contribution >= 4 is 5.96 Å². The second-order valence-corrected chi connectivity index (χ2v) is 3.58. The molecule has 0 unspecified atom stereocenters. The summed E-state index contributed by atoms with van der Waals surface area (Å²) in [5.74, 6) is 0.370. The van der Waals surface area contributed by atoms with Crippen molar-refractivity contribution in [3.63, 3.8) is 0 Å². The van der Waals surface area contributed by atoms with Gasteiger partial charge in [-0.25, -0.2) is 9.37 Å². The SMILES string of the molecule is Fc1cccnc1OCCNC1=NCCCN1. The summed E-state index contributed by atoms with van der Waals surface area (Å²) in [6.07, 6.45) is 2.56. The van der Waals surface area contributed by atoms with Gasteiger partial charge in [-0.05, 0) is 18.6 Å². The highest BCUT2D eigenvalue weighted by molar-refractivity contribution is 5.80. The summed E-state index contributed by atoms with van der Waals surface area (Å²) in [6.45, 7) is 2.67. The fraction of sp³-hybridized carbons (Fsp3) is 0.455. The summed E-state index contributed by atoms with van der Waals surface area (Å²) in [5, 5.41) is 6.20. The number of nitrogens with one attached hydrogen (secondary N) is 2. The van der Waals surface area contributed by atoms with Gasteiger partial charge in [-0.15, -0.1) is 0 Å². The minimum absolute atomic E-state index is 0.0350. The first-order valence-electron chi connectivity index (χ1n) is 5.62. The van der Waals surface area contributed by atoms with E-state index < -0.39 is 5.82 Å². The lowest BCUT2D eigenvalue weighted by atomic mass is 10.4. The number of ether oxygens (including phenoxy) is 1. The molecule has 0 aliphatic carbocycles. The van der Waals surface area contributed by atoms with Crippen molar-refractivity contribution < 1.29 is 9.13 Å². The average Bonchev–Trinajstić information content (AvgIpc) is 2.38. The third-order valence-corrected chi connectivity index (χ3v) is 2.26. The predicted octanol–water partition coefficient (Wildman–Crippen LogP) is 0.538. The molecule has 1 aromatic rings. The first-order chi connectivity index (χ1) is 8.36. The summed E-state index contributed by atoms with van der Waals surface area (Å²) in [4.78, 5) is 8.03. The quantitative estimate of drug-likeness (QED) is 0.752. The molecule has 0 aromatic carbocycles. The highest BCUT2D eigenvalue weighted by Gasteiger charge is 2.04. The standard InChI is InChI=1S/C11H15FN4O/c12-9-3-1-4-13-10(9)17-8-7-16-11-14-5-2-6-15-11/h1,3-4H,2,5-8H2,(H2,14,15,16). The molecule has 1 aliphatic rings. The third-order valence-electron chi connectivity index (χ3n) is 2.26. The van der Waals surface area contributed by atoms with Gasteiger partial charge in [0.1, 0.15) is 6.61 Å². The molecule has 2 heterocycles. The van der Waals surface area contributed by atoms with Gasteiger partial charge in [-0.1, -0.05) is 0 Å². The Morgan fingerprint density at radius 2 is 2.47 bits per heavy atom. The molecule has 92 valence electrons. The van der Waals surface area contributed by atoms with E-state index in [0.29, 0.717) is 13.2 Å². The Bertz CT molecular complexity index is 397. The van der Waals surface area contributed by atoms with Gasteiger partial charge >= 0.3 is 0 Å². The van der Waals surface area contributed by atoms with Crippen molar-refractivity contribution in [3.05, 3.63) is 24.1 Å². The number of aliphatic imine (C=N–C) groups is 1. The van der Waals surface area contributed by atoms with E-state index >= 15 is 0 Å². The van der Waals surface area contributed by atoms with Crippen LogP contribution in [0.15, 0.2) is 23.3 Å². The van der Waals surface area contributed by atoms with Crippen LogP contribution in [0.5, 0.6) is 5.88 Å². The molecule has 0 bridgehead atoms. The highest BCUT2D eigenvalue weighted by atomic mass is 19.1. The summed E-state index contributed by atoms with van der Waals surface area (Å²) < 4.78 is 18.3. The summed E-state index contributed by atoms with van der Waals surface area (Å²) in [5.41, 5.74) is 0. The maximum absolute atomic E-state index is 13.1. The van der Waals surface area contributed by atoms with Crippen LogP contribution in [0, 0.1) is 5.82 Å². The predicted molar refractivity (Wildman–Crippen MR) is 62.6 cm³/mol. The van der Waals surface area contributed by atoms with Crippen molar-refractivity contribution in [2.45, 2.75) is 6.42 Å². The van der Waals surface area contributed by atoms with Crippen molar-refractivity contribution in [1.29, 1.82) is 0 Å². The minimum Gasteiger partial charge on any atom is -0.474 e. The maximum Gasteiger partial charge on any atom is 0.250 e. The highest BCUT2D eigenvalue weighted by Crippen LogP contribution is 2.10. The van der Waals surface area contributed by atoms with Gasteiger partial charge in [0.05, 0.1) is 6.54 Å². The monoisotopic (exact) mass is 238 g/mol. The number of rotatable bonds is 4. The van der Waals surface area contributed by atoms with Crippen molar-refractivity contribution in [2.75, 3.05) is 26.2 Å². The normalized spacial score (nSPS) is 14.8. The molecule has 6 heteroatoms.